The Balaban J connectivity index is 2.36. The Morgan fingerprint density at radius 2 is 2.00 bits per heavy atom. The maximum atomic E-state index is 12.1. The van der Waals surface area contributed by atoms with Gasteiger partial charge in [-0.15, -0.1) is 0 Å². The second-order valence-corrected chi connectivity index (χ2v) is 5.67. The molecule has 0 aliphatic carbocycles. The van der Waals surface area contributed by atoms with Crippen LogP contribution in [-0.4, -0.2) is 24.2 Å². The van der Waals surface area contributed by atoms with Crippen molar-refractivity contribution in [3.8, 4) is 5.75 Å². The third-order valence-electron chi connectivity index (χ3n) is 2.21. The zero-order valence-electron chi connectivity index (χ0n) is 9.58. The van der Waals surface area contributed by atoms with Crippen LogP contribution in [0, 0.1) is 0 Å². The summed E-state index contributed by atoms with van der Waals surface area (Å²) in [7, 11) is -3.68. The molecule has 0 unspecified atom stereocenters. The van der Waals surface area contributed by atoms with Crippen LogP contribution in [0.3, 0.4) is 0 Å². The van der Waals surface area contributed by atoms with Crippen molar-refractivity contribution in [1.82, 2.24) is 9.19 Å². The highest BCUT2D eigenvalue weighted by Crippen LogP contribution is 2.19. The van der Waals surface area contributed by atoms with Crippen molar-refractivity contribution < 1.29 is 13.2 Å². The van der Waals surface area contributed by atoms with Gasteiger partial charge in [0.05, 0.1) is 28.9 Å². The molecule has 0 fully saturated rings. The number of halogens is 1. The summed E-state index contributed by atoms with van der Waals surface area (Å²) in [5, 5.41) is 3.96. The number of aromatic nitrogens is 2. The second-order valence-electron chi connectivity index (χ2n) is 3.44. The third-order valence-corrected chi connectivity index (χ3v) is 3.96. The molecule has 2 aromatic rings. The Kier molecular flexibility index (Phi) is 3.58. The van der Waals surface area contributed by atoms with Crippen LogP contribution in [0.4, 0.5) is 0 Å². The molecule has 1 heterocycles. The molecule has 1 aromatic heterocycles. The van der Waals surface area contributed by atoms with Crippen molar-refractivity contribution in [3.05, 3.63) is 41.7 Å². The summed E-state index contributed by atoms with van der Waals surface area (Å²) in [5.74, 6) is 0.620. The Labute approximate surface area is 110 Å². The van der Waals surface area contributed by atoms with E-state index < -0.39 is 10.0 Å². The second kappa shape index (κ2) is 4.99. The zero-order chi connectivity index (χ0) is 13.2. The van der Waals surface area contributed by atoms with E-state index in [2.05, 4.69) is 5.10 Å². The molecule has 96 valence electrons. The molecule has 7 heteroatoms. The first-order valence-corrected chi connectivity index (χ1v) is 7.04. The van der Waals surface area contributed by atoms with E-state index in [-0.39, 0.29) is 9.92 Å². The molecule has 2 rings (SSSR count). The average molecular weight is 287 g/mol. The number of benzene rings is 1. The van der Waals surface area contributed by atoms with E-state index in [1.807, 2.05) is 6.92 Å². The van der Waals surface area contributed by atoms with Gasteiger partial charge < -0.3 is 4.74 Å². The molecule has 0 saturated heterocycles. The molecule has 0 saturated carbocycles. The van der Waals surface area contributed by atoms with Gasteiger partial charge in [-0.25, -0.2) is 0 Å². The van der Waals surface area contributed by atoms with Crippen LogP contribution < -0.4 is 4.74 Å². The van der Waals surface area contributed by atoms with Gasteiger partial charge in [-0.05, 0) is 31.2 Å². The summed E-state index contributed by atoms with van der Waals surface area (Å²) in [6.07, 6.45) is 2.51. The predicted octanol–water partition coefficient (Wildman–Crippen LogP) is 2.17. The third kappa shape index (κ3) is 2.49. The maximum absolute atomic E-state index is 12.1. The predicted molar refractivity (Wildman–Crippen MR) is 67.4 cm³/mol. The van der Waals surface area contributed by atoms with Crippen LogP contribution in [0.5, 0.6) is 5.75 Å². The molecule has 0 radical (unpaired) electrons. The van der Waals surface area contributed by atoms with E-state index in [1.54, 1.807) is 12.1 Å². The summed E-state index contributed by atoms with van der Waals surface area (Å²) in [4.78, 5) is 0.130. The Bertz CT molecular complexity index is 635. The fourth-order valence-electron chi connectivity index (χ4n) is 1.40. The van der Waals surface area contributed by atoms with E-state index in [4.69, 9.17) is 16.3 Å². The van der Waals surface area contributed by atoms with Gasteiger partial charge in [-0.2, -0.15) is 17.6 Å². The van der Waals surface area contributed by atoms with E-state index >= 15 is 0 Å². The first-order valence-electron chi connectivity index (χ1n) is 5.22. The van der Waals surface area contributed by atoms with Crippen molar-refractivity contribution in [2.24, 2.45) is 0 Å². The molecule has 0 amide bonds. The lowest BCUT2D eigenvalue weighted by atomic mass is 10.3. The molecule has 5 nitrogen and oxygen atoms in total. The van der Waals surface area contributed by atoms with Crippen LogP contribution in [0.1, 0.15) is 6.92 Å². The van der Waals surface area contributed by atoms with Gasteiger partial charge in [-0.3, -0.25) is 0 Å². The standard InChI is InChI=1S/C11H11ClN2O3S/c1-2-17-10-3-5-11(6-4-10)18(15,16)14-8-9(12)7-13-14/h3-8H,2H2,1H3. The molecule has 0 aliphatic rings. The minimum Gasteiger partial charge on any atom is -0.494 e. The summed E-state index contributed by atoms with van der Waals surface area (Å²) < 4.78 is 30.3. The Morgan fingerprint density at radius 1 is 1.33 bits per heavy atom. The van der Waals surface area contributed by atoms with Crippen LogP contribution in [0.2, 0.25) is 5.02 Å². The largest absolute Gasteiger partial charge is 0.494 e. The van der Waals surface area contributed by atoms with Crippen molar-refractivity contribution in [1.29, 1.82) is 0 Å². The van der Waals surface area contributed by atoms with Gasteiger partial charge in [0.1, 0.15) is 5.75 Å². The summed E-state index contributed by atoms with van der Waals surface area (Å²) in [6, 6.07) is 6.13. The number of rotatable bonds is 4. The monoisotopic (exact) mass is 286 g/mol. The fourth-order valence-corrected chi connectivity index (χ4v) is 2.71. The molecule has 18 heavy (non-hydrogen) atoms. The number of nitrogens with zero attached hydrogens (tertiary/aromatic N) is 2. The molecular formula is C11H11ClN2O3S. The Morgan fingerprint density at radius 3 is 2.50 bits per heavy atom. The van der Waals surface area contributed by atoms with Gasteiger partial charge in [-0.1, -0.05) is 11.6 Å². The summed E-state index contributed by atoms with van der Waals surface area (Å²) in [6.45, 7) is 2.39. The van der Waals surface area contributed by atoms with Crippen molar-refractivity contribution in [2.75, 3.05) is 6.61 Å². The lowest BCUT2D eigenvalue weighted by Crippen LogP contribution is -2.13. The minimum absolute atomic E-state index is 0.130. The normalized spacial score (nSPS) is 11.4. The lowest BCUT2D eigenvalue weighted by molar-refractivity contribution is 0.340. The fraction of sp³-hybridized carbons (Fsp3) is 0.182. The number of ether oxygens (including phenoxy) is 1. The lowest BCUT2D eigenvalue weighted by Gasteiger charge is -2.06. The highest BCUT2D eigenvalue weighted by Gasteiger charge is 2.17. The number of hydrogen-bond donors (Lipinski definition) is 0. The quantitative estimate of drug-likeness (QED) is 0.864. The van der Waals surface area contributed by atoms with Gasteiger partial charge in [0.15, 0.2) is 0 Å². The molecule has 0 bridgehead atoms. The molecule has 0 spiro atoms. The average Bonchev–Trinajstić information content (AvgIpc) is 2.78. The summed E-state index contributed by atoms with van der Waals surface area (Å²) in [5.41, 5.74) is 0. The first kappa shape index (κ1) is 12.9. The SMILES string of the molecule is CCOc1ccc(S(=O)(=O)n2cc(Cl)cn2)cc1. The van der Waals surface area contributed by atoms with Gasteiger partial charge >= 0.3 is 0 Å². The van der Waals surface area contributed by atoms with Crippen molar-refractivity contribution >= 4 is 21.6 Å². The maximum Gasteiger partial charge on any atom is 0.282 e. The van der Waals surface area contributed by atoms with Crippen molar-refractivity contribution in [3.63, 3.8) is 0 Å². The smallest absolute Gasteiger partial charge is 0.282 e. The van der Waals surface area contributed by atoms with Gasteiger partial charge in [0, 0.05) is 0 Å². The van der Waals surface area contributed by atoms with Crippen LogP contribution in [-0.2, 0) is 10.0 Å². The summed E-state index contributed by atoms with van der Waals surface area (Å²) >= 11 is 5.65. The molecular weight excluding hydrogens is 276 g/mol. The van der Waals surface area contributed by atoms with E-state index in [1.165, 1.54) is 24.5 Å². The van der Waals surface area contributed by atoms with Crippen LogP contribution in [0.25, 0.3) is 0 Å². The number of hydrogen-bond acceptors (Lipinski definition) is 4. The van der Waals surface area contributed by atoms with Gasteiger partial charge in [0.2, 0.25) is 0 Å². The van der Waals surface area contributed by atoms with E-state index in [0.29, 0.717) is 12.4 Å². The molecule has 0 aliphatic heterocycles. The first-order chi connectivity index (χ1) is 8.54. The highest BCUT2D eigenvalue weighted by molar-refractivity contribution is 7.89. The zero-order valence-corrected chi connectivity index (χ0v) is 11.1. The molecule has 0 atom stereocenters. The van der Waals surface area contributed by atoms with E-state index in [9.17, 15) is 8.42 Å². The Hall–Kier alpha value is -1.53. The topological polar surface area (TPSA) is 61.2 Å². The highest BCUT2D eigenvalue weighted by atomic mass is 35.5. The van der Waals surface area contributed by atoms with Crippen LogP contribution >= 0.6 is 11.6 Å². The van der Waals surface area contributed by atoms with E-state index in [0.717, 1.165) is 4.09 Å². The minimum atomic E-state index is -3.68. The molecule has 1 aromatic carbocycles. The van der Waals surface area contributed by atoms with Crippen LogP contribution in [0.15, 0.2) is 41.6 Å². The van der Waals surface area contributed by atoms with Gasteiger partial charge in [0.25, 0.3) is 10.0 Å². The van der Waals surface area contributed by atoms with Crippen molar-refractivity contribution in [2.45, 2.75) is 11.8 Å². The molecule has 0 N–H and O–H groups in total.